The number of rotatable bonds is 7. The minimum Gasteiger partial charge on any atom is -0.321 e. The Morgan fingerprint density at radius 1 is 1.32 bits per heavy atom. The molecule has 108 valence electrons. The summed E-state index contributed by atoms with van der Waals surface area (Å²) in [7, 11) is -6.92. The fourth-order valence-corrected chi connectivity index (χ4v) is 3.16. The predicted molar refractivity (Wildman–Crippen MR) is 71.6 cm³/mol. The summed E-state index contributed by atoms with van der Waals surface area (Å²) >= 11 is 0. The lowest BCUT2D eigenvalue weighted by molar-refractivity contribution is 0.574. The van der Waals surface area contributed by atoms with E-state index >= 15 is 0 Å². The van der Waals surface area contributed by atoms with E-state index in [1.165, 1.54) is 18.3 Å². The Morgan fingerprint density at radius 3 is 2.58 bits per heavy atom. The highest BCUT2D eigenvalue weighted by Crippen LogP contribution is 2.16. The van der Waals surface area contributed by atoms with Crippen molar-refractivity contribution in [1.82, 2.24) is 9.71 Å². The quantitative estimate of drug-likeness (QED) is 0.337. The molecule has 0 spiro atoms. The summed E-state index contributed by atoms with van der Waals surface area (Å²) in [6, 6.07) is 3.01. The van der Waals surface area contributed by atoms with Gasteiger partial charge in [0.05, 0.1) is 11.4 Å². The third-order valence-electron chi connectivity index (χ3n) is 2.17. The van der Waals surface area contributed by atoms with Gasteiger partial charge in [0.25, 0.3) is 10.0 Å². The van der Waals surface area contributed by atoms with Crippen molar-refractivity contribution in [2.24, 2.45) is 5.84 Å². The highest BCUT2D eigenvalue weighted by molar-refractivity contribution is 7.90. The van der Waals surface area contributed by atoms with E-state index in [2.05, 4.69) is 15.1 Å². The number of nitrogens with one attached hydrogen (secondary N) is 2. The lowest BCUT2D eigenvalue weighted by atomic mass is 10.4. The van der Waals surface area contributed by atoms with Crippen LogP contribution in [0.15, 0.2) is 23.4 Å². The van der Waals surface area contributed by atoms with Gasteiger partial charge in [0.1, 0.15) is 9.84 Å². The molecule has 0 aromatic carbocycles. The lowest BCUT2D eigenvalue weighted by Gasteiger charge is -2.09. The largest absolute Gasteiger partial charge is 0.321 e. The molecule has 0 aliphatic rings. The molecule has 0 bridgehead atoms. The first kappa shape index (κ1) is 15.8. The molecular formula is C9H16N4O4S2. The summed E-state index contributed by atoms with van der Waals surface area (Å²) in [6.07, 6.45) is 2.61. The number of nitrogens with two attached hydrogens (primary N) is 1. The zero-order valence-electron chi connectivity index (χ0n) is 10.3. The predicted octanol–water partition coefficient (Wildman–Crippen LogP) is -0.920. The molecule has 1 aromatic rings. The van der Waals surface area contributed by atoms with Crippen LogP contribution in [0.25, 0.3) is 0 Å². The van der Waals surface area contributed by atoms with Crippen LogP contribution in [0.4, 0.5) is 5.69 Å². The molecule has 0 unspecified atom stereocenters. The molecule has 4 N–H and O–H groups in total. The van der Waals surface area contributed by atoms with Gasteiger partial charge in [-0.1, -0.05) is 0 Å². The summed E-state index contributed by atoms with van der Waals surface area (Å²) in [4.78, 5) is 3.74. The number of nitrogens with zero attached hydrogens (tertiary/aromatic N) is 1. The average molecular weight is 308 g/mol. The van der Waals surface area contributed by atoms with Crippen LogP contribution in [-0.4, -0.2) is 40.4 Å². The molecule has 0 saturated carbocycles. The molecule has 0 atom stereocenters. The molecule has 19 heavy (non-hydrogen) atoms. The van der Waals surface area contributed by atoms with E-state index < -0.39 is 19.9 Å². The van der Waals surface area contributed by atoms with Crippen LogP contribution in [0.5, 0.6) is 0 Å². The second-order valence-electron chi connectivity index (χ2n) is 3.88. The Morgan fingerprint density at radius 2 is 2.00 bits per heavy atom. The van der Waals surface area contributed by atoms with Crippen LogP contribution in [-0.2, 0) is 19.9 Å². The van der Waals surface area contributed by atoms with Crippen molar-refractivity contribution in [2.75, 3.05) is 24.0 Å². The van der Waals surface area contributed by atoms with Gasteiger partial charge in [0, 0.05) is 19.0 Å². The van der Waals surface area contributed by atoms with Crippen molar-refractivity contribution in [3.63, 3.8) is 0 Å². The van der Waals surface area contributed by atoms with Crippen LogP contribution >= 0.6 is 0 Å². The minimum absolute atomic E-state index is 0.00991. The Labute approximate surface area is 112 Å². The van der Waals surface area contributed by atoms with Crippen LogP contribution in [0.3, 0.4) is 0 Å². The smallest absolute Gasteiger partial charge is 0.260 e. The Bertz CT molecular complexity index is 627. The molecule has 8 nitrogen and oxygen atoms in total. The summed E-state index contributed by atoms with van der Waals surface area (Å²) in [6.45, 7) is 0.00991. The Balaban J connectivity index is 2.71. The molecule has 1 rings (SSSR count). The van der Waals surface area contributed by atoms with Crippen molar-refractivity contribution in [1.29, 1.82) is 0 Å². The maximum absolute atomic E-state index is 11.9. The van der Waals surface area contributed by atoms with Gasteiger partial charge in [0.15, 0.2) is 5.03 Å². The van der Waals surface area contributed by atoms with Crippen molar-refractivity contribution in [2.45, 2.75) is 11.4 Å². The van der Waals surface area contributed by atoms with E-state index in [4.69, 9.17) is 5.84 Å². The second-order valence-corrected chi connectivity index (χ2v) is 7.82. The first-order chi connectivity index (χ1) is 8.76. The molecule has 1 heterocycles. The summed E-state index contributed by atoms with van der Waals surface area (Å²) in [5.41, 5.74) is 2.40. The molecular weight excluding hydrogens is 292 g/mol. The monoisotopic (exact) mass is 308 g/mol. The van der Waals surface area contributed by atoms with Crippen molar-refractivity contribution >= 4 is 25.5 Å². The topological polar surface area (TPSA) is 131 Å². The van der Waals surface area contributed by atoms with E-state index in [9.17, 15) is 16.8 Å². The first-order valence-electron chi connectivity index (χ1n) is 5.35. The SMILES string of the molecule is CS(=O)(=O)CCCNS(=O)(=O)c1ncccc1NN. The van der Waals surface area contributed by atoms with Crippen molar-refractivity contribution in [3.05, 3.63) is 18.3 Å². The van der Waals surface area contributed by atoms with Gasteiger partial charge in [-0.3, -0.25) is 5.84 Å². The number of hydrazine groups is 1. The van der Waals surface area contributed by atoms with Gasteiger partial charge in [-0.15, -0.1) is 0 Å². The highest BCUT2D eigenvalue weighted by Gasteiger charge is 2.19. The van der Waals surface area contributed by atoms with Gasteiger partial charge in [0.2, 0.25) is 0 Å². The fraction of sp³-hybridized carbons (Fsp3) is 0.444. The van der Waals surface area contributed by atoms with Crippen molar-refractivity contribution < 1.29 is 16.8 Å². The molecule has 0 aliphatic heterocycles. The van der Waals surface area contributed by atoms with Gasteiger partial charge in [-0.2, -0.15) is 0 Å². The van der Waals surface area contributed by atoms with Crippen LogP contribution in [0.1, 0.15) is 6.42 Å². The van der Waals surface area contributed by atoms with E-state index in [1.807, 2.05) is 0 Å². The maximum atomic E-state index is 11.9. The summed E-state index contributed by atoms with van der Waals surface area (Å²) < 4.78 is 47.9. The number of hydrogen-bond acceptors (Lipinski definition) is 7. The van der Waals surface area contributed by atoms with Gasteiger partial charge >= 0.3 is 0 Å². The van der Waals surface area contributed by atoms with Crippen LogP contribution < -0.4 is 16.0 Å². The van der Waals surface area contributed by atoms with Gasteiger partial charge < -0.3 is 5.43 Å². The first-order valence-corrected chi connectivity index (χ1v) is 8.89. The minimum atomic E-state index is -3.82. The molecule has 0 saturated heterocycles. The van der Waals surface area contributed by atoms with Crippen molar-refractivity contribution in [3.8, 4) is 0 Å². The zero-order valence-corrected chi connectivity index (χ0v) is 12.0. The third kappa shape index (κ3) is 5.11. The second kappa shape index (κ2) is 6.28. The summed E-state index contributed by atoms with van der Waals surface area (Å²) in [5, 5.41) is -0.225. The number of nitrogen functional groups attached to an aromatic ring is 1. The van der Waals surface area contributed by atoms with Crippen LogP contribution in [0, 0.1) is 0 Å². The van der Waals surface area contributed by atoms with E-state index in [0.29, 0.717) is 0 Å². The van der Waals surface area contributed by atoms with E-state index in [-0.39, 0.29) is 29.4 Å². The number of anilines is 1. The van der Waals surface area contributed by atoms with E-state index in [1.54, 1.807) is 0 Å². The van der Waals surface area contributed by atoms with Gasteiger partial charge in [-0.05, 0) is 18.6 Å². The Kier molecular flexibility index (Phi) is 5.23. The number of pyridine rings is 1. The standard InChI is InChI=1S/C9H16N4O4S2/c1-18(14,15)7-3-6-12-19(16,17)9-8(13-10)4-2-5-11-9/h2,4-5,12-13H,3,6-7,10H2,1H3. The molecule has 0 aliphatic carbocycles. The van der Waals surface area contributed by atoms with Gasteiger partial charge in [-0.25, -0.2) is 26.5 Å². The highest BCUT2D eigenvalue weighted by atomic mass is 32.2. The number of sulfonamides is 1. The lowest BCUT2D eigenvalue weighted by Crippen LogP contribution is -2.28. The number of aromatic nitrogens is 1. The fourth-order valence-electron chi connectivity index (χ4n) is 1.32. The molecule has 0 amide bonds. The number of sulfone groups is 1. The third-order valence-corrected chi connectivity index (χ3v) is 4.61. The molecule has 0 radical (unpaired) electrons. The van der Waals surface area contributed by atoms with Crippen LogP contribution in [0.2, 0.25) is 0 Å². The normalized spacial score (nSPS) is 12.3. The van der Waals surface area contributed by atoms with E-state index in [0.717, 1.165) is 6.26 Å². The average Bonchev–Trinajstić information content (AvgIpc) is 2.33. The zero-order chi connectivity index (χ0) is 14.5. The summed E-state index contributed by atoms with van der Waals surface area (Å²) in [5.74, 6) is 5.11. The number of hydrogen-bond donors (Lipinski definition) is 3. The molecule has 10 heteroatoms. The Hall–Kier alpha value is -1.23. The molecule has 1 aromatic heterocycles. The molecule has 0 fully saturated rings. The maximum Gasteiger partial charge on any atom is 0.260 e.